The standard InChI is InChI=1S/C24H30N6O4S/c1-16-6-8-24(9-7-16)22(32)30(23(33)27-24)28-20(31)15-35-21-17-4-2-3-5-18(17)25-19(26-21)14-29-10-12-34-13-11-29/h2-5,16H,6-15H2,1H3,(H,27,33)(H,28,31). The number of morpholine rings is 1. The molecule has 1 aliphatic carbocycles. The first-order chi connectivity index (χ1) is 16.9. The first-order valence-electron chi connectivity index (χ1n) is 12.1. The van der Waals surface area contributed by atoms with Crippen molar-refractivity contribution in [2.24, 2.45) is 5.92 Å². The van der Waals surface area contributed by atoms with Crippen molar-refractivity contribution in [3.05, 3.63) is 30.1 Å². The van der Waals surface area contributed by atoms with Gasteiger partial charge in [0.25, 0.3) is 5.91 Å². The number of hydrazine groups is 1. The molecule has 10 nitrogen and oxygen atoms in total. The number of nitrogens with one attached hydrogen (secondary N) is 2. The van der Waals surface area contributed by atoms with E-state index >= 15 is 0 Å². The van der Waals surface area contributed by atoms with E-state index < -0.39 is 17.5 Å². The topological polar surface area (TPSA) is 117 Å². The Hall–Kier alpha value is -2.76. The summed E-state index contributed by atoms with van der Waals surface area (Å²) in [5.74, 6) is 0.432. The summed E-state index contributed by atoms with van der Waals surface area (Å²) in [6.45, 7) is 5.79. The highest BCUT2D eigenvalue weighted by atomic mass is 32.2. The van der Waals surface area contributed by atoms with Crippen LogP contribution in [0.15, 0.2) is 29.3 Å². The molecule has 1 saturated carbocycles. The number of carbonyl (C=O) groups is 3. The third-order valence-electron chi connectivity index (χ3n) is 6.95. The highest BCUT2D eigenvalue weighted by Crippen LogP contribution is 2.36. The lowest BCUT2D eigenvalue weighted by Crippen LogP contribution is -2.51. The van der Waals surface area contributed by atoms with Crippen LogP contribution in [0.3, 0.4) is 0 Å². The molecule has 5 rings (SSSR count). The zero-order valence-electron chi connectivity index (χ0n) is 19.8. The summed E-state index contributed by atoms with van der Waals surface area (Å²) in [7, 11) is 0. The lowest BCUT2D eigenvalue weighted by atomic mass is 9.77. The van der Waals surface area contributed by atoms with Gasteiger partial charge in [-0.15, -0.1) is 0 Å². The molecule has 35 heavy (non-hydrogen) atoms. The number of amides is 4. The molecule has 0 bridgehead atoms. The van der Waals surface area contributed by atoms with Crippen molar-refractivity contribution in [1.82, 2.24) is 30.6 Å². The minimum atomic E-state index is -0.888. The number of nitrogens with zero attached hydrogens (tertiary/aromatic N) is 4. The van der Waals surface area contributed by atoms with Gasteiger partial charge in [-0.05, 0) is 37.7 Å². The number of benzene rings is 1. The van der Waals surface area contributed by atoms with E-state index in [4.69, 9.17) is 14.7 Å². The van der Waals surface area contributed by atoms with Crippen LogP contribution in [0, 0.1) is 5.92 Å². The van der Waals surface area contributed by atoms with Crippen molar-refractivity contribution in [1.29, 1.82) is 0 Å². The summed E-state index contributed by atoms with van der Waals surface area (Å²) in [4.78, 5) is 49.9. The van der Waals surface area contributed by atoms with Crippen LogP contribution in [0.4, 0.5) is 4.79 Å². The van der Waals surface area contributed by atoms with Crippen LogP contribution >= 0.6 is 11.8 Å². The molecule has 1 aromatic heterocycles. The van der Waals surface area contributed by atoms with Crippen LogP contribution in [0.5, 0.6) is 0 Å². The monoisotopic (exact) mass is 498 g/mol. The summed E-state index contributed by atoms with van der Waals surface area (Å²) < 4.78 is 5.42. The highest BCUT2D eigenvalue weighted by molar-refractivity contribution is 8.00. The van der Waals surface area contributed by atoms with E-state index in [1.165, 1.54) is 11.8 Å². The van der Waals surface area contributed by atoms with Crippen molar-refractivity contribution in [2.75, 3.05) is 32.1 Å². The Morgan fingerprint density at radius 3 is 2.71 bits per heavy atom. The molecule has 4 amide bonds. The van der Waals surface area contributed by atoms with Gasteiger partial charge in [0.1, 0.15) is 16.4 Å². The van der Waals surface area contributed by atoms with Gasteiger partial charge in [-0.25, -0.2) is 14.8 Å². The maximum Gasteiger partial charge on any atom is 0.344 e. The number of carbonyl (C=O) groups excluding carboxylic acids is 3. The number of thioether (sulfide) groups is 1. The molecule has 0 radical (unpaired) electrons. The van der Waals surface area contributed by atoms with Gasteiger partial charge in [0, 0.05) is 18.5 Å². The highest BCUT2D eigenvalue weighted by Gasteiger charge is 2.52. The maximum atomic E-state index is 13.0. The molecular weight excluding hydrogens is 468 g/mol. The van der Waals surface area contributed by atoms with Gasteiger partial charge in [0.15, 0.2) is 0 Å². The van der Waals surface area contributed by atoms with Gasteiger partial charge in [-0.3, -0.25) is 19.9 Å². The summed E-state index contributed by atoms with van der Waals surface area (Å²) in [5, 5.41) is 5.23. The van der Waals surface area contributed by atoms with Gasteiger partial charge in [0.05, 0.1) is 31.0 Å². The molecule has 2 aliphatic heterocycles. The Kier molecular flexibility index (Phi) is 6.90. The van der Waals surface area contributed by atoms with Crippen LogP contribution in [0.2, 0.25) is 0 Å². The van der Waals surface area contributed by atoms with E-state index in [0.717, 1.165) is 41.8 Å². The fourth-order valence-corrected chi connectivity index (χ4v) is 5.67. The number of ether oxygens (including phenoxy) is 1. The predicted octanol–water partition coefficient (Wildman–Crippen LogP) is 2.09. The molecule has 186 valence electrons. The first-order valence-corrected chi connectivity index (χ1v) is 13.1. The third kappa shape index (κ3) is 5.12. The molecule has 2 aromatic rings. The molecule has 0 atom stereocenters. The predicted molar refractivity (Wildman–Crippen MR) is 130 cm³/mol. The van der Waals surface area contributed by atoms with E-state index in [-0.39, 0.29) is 11.7 Å². The molecule has 3 heterocycles. The van der Waals surface area contributed by atoms with Gasteiger partial charge >= 0.3 is 6.03 Å². The summed E-state index contributed by atoms with van der Waals surface area (Å²) in [6.07, 6.45) is 2.94. The van der Waals surface area contributed by atoms with E-state index in [1.54, 1.807) is 0 Å². The molecule has 2 N–H and O–H groups in total. The summed E-state index contributed by atoms with van der Waals surface area (Å²) in [5.41, 5.74) is 2.43. The number of para-hydroxylation sites is 1. The quantitative estimate of drug-likeness (QED) is 0.353. The second-order valence-corrected chi connectivity index (χ2v) is 10.5. The maximum absolute atomic E-state index is 13.0. The normalized spacial score (nSPS) is 25.3. The Morgan fingerprint density at radius 2 is 1.94 bits per heavy atom. The van der Waals surface area contributed by atoms with Crippen molar-refractivity contribution < 1.29 is 19.1 Å². The Labute approximate surface area is 208 Å². The van der Waals surface area contributed by atoms with Crippen LogP contribution in [0.25, 0.3) is 10.9 Å². The average Bonchev–Trinajstić information content (AvgIpc) is 3.09. The number of aromatic nitrogens is 2. The van der Waals surface area contributed by atoms with Crippen molar-refractivity contribution >= 4 is 40.5 Å². The summed E-state index contributed by atoms with van der Waals surface area (Å²) >= 11 is 1.27. The zero-order valence-corrected chi connectivity index (χ0v) is 20.6. The second-order valence-electron chi connectivity index (χ2n) is 9.51. The van der Waals surface area contributed by atoms with Crippen LogP contribution < -0.4 is 10.7 Å². The molecule has 1 aromatic carbocycles. The van der Waals surface area contributed by atoms with Gasteiger partial charge < -0.3 is 10.1 Å². The van der Waals surface area contributed by atoms with Crippen LogP contribution in [-0.4, -0.2) is 75.3 Å². The van der Waals surface area contributed by atoms with Crippen molar-refractivity contribution in [3.63, 3.8) is 0 Å². The number of hydrogen-bond donors (Lipinski definition) is 2. The van der Waals surface area contributed by atoms with Gasteiger partial charge in [-0.1, -0.05) is 36.9 Å². The number of imide groups is 1. The molecule has 3 aliphatic rings. The van der Waals surface area contributed by atoms with Gasteiger partial charge in [-0.2, -0.15) is 5.01 Å². The second kappa shape index (κ2) is 10.1. The Bertz CT molecular complexity index is 1130. The molecule has 11 heteroatoms. The number of rotatable bonds is 6. The smallest absolute Gasteiger partial charge is 0.344 e. The lowest BCUT2D eigenvalue weighted by molar-refractivity contribution is -0.139. The fourth-order valence-electron chi connectivity index (χ4n) is 4.84. The largest absolute Gasteiger partial charge is 0.379 e. The zero-order chi connectivity index (χ0) is 24.4. The minimum Gasteiger partial charge on any atom is -0.379 e. The summed E-state index contributed by atoms with van der Waals surface area (Å²) in [6, 6.07) is 7.13. The van der Waals surface area contributed by atoms with Crippen LogP contribution in [0.1, 0.15) is 38.4 Å². The lowest BCUT2D eigenvalue weighted by Gasteiger charge is -2.33. The number of fused-ring (bicyclic) bond motifs is 1. The van der Waals surface area contributed by atoms with E-state index in [0.29, 0.717) is 49.4 Å². The number of hydrogen-bond acceptors (Lipinski definition) is 8. The minimum absolute atomic E-state index is 0.0130. The van der Waals surface area contributed by atoms with Crippen molar-refractivity contribution in [3.8, 4) is 0 Å². The number of urea groups is 1. The van der Waals surface area contributed by atoms with Crippen molar-refractivity contribution in [2.45, 2.75) is 49.7 Å². The molecule has 1 spiro atoms. The Balaban J connectivity index is 1.25. The Morgan fingerprint density at radius 1 is 1.20 bits per heavy atom. The molecule has 3 fully saturated rings. The molecule has 0 unspecified atom stereocenters. The van der Waals surface area contributed by atoms with E-state index in [2.05, 4.69) is 22.6 Å². The van der Waals surface area contributed by atoms with E-state index in [1.807, 2.05) is 24.3 Å². The van der Waals surface area contributed by atoms with Gasteiger partial charge in [0.2, 0.25) is 5.91 Å². The van der Waals surface area contributed by atoms with Crippen LogP contribution in [-0.2, 0) is 20.9 Å². The SMILES string of the molecule is CC1CCC2(CC1)NC(=O)N(NC(=O)CSc1nc(CN3CCOCC3)nc3ccccc13)C2=O. The molecular formula is C24H30N6O4S. The average molecular weight is 499 g/mol. The third-order valence-corrected chi connectivity index (χ3v) is 7.94. The molecule has 2 saturated heterocycles. The van der Waals surface area contributed by atoms with E-state index in [9.17, 15) is 14.4 Å². The first kappa shape index (κ1) is 24.0. The fraction of sp³-hybridized carbons (Fsp3) is 0.542.